The van der Waals surface area contributed by atoms with Crippen molar-refractivity contribution in [3.8, 4) is 0 Å². The highest BCUT2D eigenvalue weighted by Gasteiger charge is 2.21. The van der Waals surface area contributed by atoms with E-state index in [2.05, 4.69) is 21.7 Å². The first-order valence-corrected chi connectivity index (χ1v) is 8.46. The van der Waals surface area contributed by atoms with Crippen LogP contribution in [0.25, 0.3) is 0 Å². The molecule has 1 atom stereocenters. The Morgan fingerprint density at radius 1 is 1.32 bits per heavy atom. The monoisotopic (exact) mass is 313 g/mol. The van der Waals surface area contributed by atoms with Crippen LogP contribution in [-0.2, 0) is 10.5 Å². The summed E-state index contributed by atoms with van der Waals surface area (Å²) in [5.41, 5.74) is 2.06. The van der Waals surface area contributed by atoms with Crippen molar-refractivity contribution < 1.29 is 4.79 Å². The van der Waals surface area contributed by atoms with Crippen molar-refractivity contribution in [2.45, 2.75) is 29.5 Å². The van der Waals surface area contributed by atoms with Crippen LogP contribution in [0.4, 0.5) is 5.69 Å². The van der Waals surface area contributed by atoms with Crippen LogP contribution in [-0.4, -0.2) is 23.5 Å². The molecule has 1 fully saturated rings. The molecule has 0 radical (unpaired) electrons. The van der Waals surface area contributed by atoms with Gasteiger partial charge in [0.15, 0.2) is 0 Å². The number of amides is 1. The van der Waals surface area contributed by atoms with Gasteiger partial charge in [-0.15, -0.1) is 11.8 Å². The molecule has 1 aromatic carbocycles. The Labute approximate surface area is 134 Å². The Balaban J connectivity index is 1.52. The van der Waals surface area contributed by atoms with Crippen molar-refractivity contribution in [1.82, 2.24) is 10.3 Å². The molecule has 3 rings (SSSR count). The quantitative estimate of drug-likeness (QED) is 0.833. The molecule has 0 saturated carbocycles. The normalized spacial score (nSPS) is 17.4. The number of pyridine rings is 1. The maximum absolute atomic E-state index is 12.0. The van der Waals surface area contributed by atoms with Crippen LogP contribution in [0.1, 0.15) is 18.4 Å². The molecule has 4 nitrogen and oxygen atoms in total. The van der Waals surface area contributed by atoms with E-state index in [0.717, 1.165) is 30.8 Å². The van der Waals surface area contributed by atoms with Crippen LogP contribution >= 0.6 is 11.8 Å². The summed E-state index contributed by atoms with van der Waals surface area (Å²) in [5, 5.41) is 6.17. The van der Waals surface area contributed by atoms with Crippen LogP contribution in [0.2, 0.25) is 0 Å². The number of thioether (sulfide) groups is 1. The molecule has 2 N–H and O–H groups in total. The molecule has 1 unspecified atom stereocenters. The molecule has 1 aliphatic rings. The van der Waals surface area contributed by atoms with E-state index >= 15 is 0 Å². The first kappa shape index (κ1) is 15.1. The van der Waals surface area contributed by atoms with Gasteiger partial charge < -0.3 is 10.6 Å². The summed E-state index contributed by atoms with van der Waals surface area (Å²) in [6, 6.07) is 12.0. The molecule has 1 aromatic heterocycles. The van der Waals surface area contributed by atoms with Crippen LogP contribution < -0.4 is 10.6 Å². The molecule has 1 amide bonds. The SMILES string of the molecule is O=C(Nc1ccc(SCc2cccnc2)cc1)C1CCCN1. The van der Waals surface area contributed by atoms with E-state index in [1.165, 1.54) is 10.5 Å². The van der Waals surface area contributed by atoms with Crippen molar-refractivity contribution in [3.05, 3.63) is 54.4 Å². The second kappa shape index (κ2) is 7.42. The number of hydrogen-bond acceptors (Lipinski definition) is 4. The Hall–Kier alpha value is -1.85. The third-order valence-corrected chi connectivity index (χ3v) is 4.71. The summed E-state index contributed by atoms with van der Waals surface area (Å²) in [7, 11) is 0. The summed E-state index contributed by atoms with van der Waals surface area (Å²) < 4.78 is 0. The van der Waals surface area contributed by atoms with Gasteiger partial charge in [0.25, 0.3) is 0 Å². The largest absolute Gasteiger partial charge is 0.325 e. The fourth-order valence-corrected chi connectivity index (χ4v) is 3.26. The Kier molecular flexibility index (Phi) is 5.08. The number of carbonyl (C=O) groups is 1. The van der Waals surface area contributed by atoms with Gasteiger partial charge in [-0.1, -0.05) is 6.07 Å². The maximum atomic E-state index is 12.0. The van der Waals surface area contributed by atoms with E-state index in [9.17, 15) is 4.79 Å². The number of hydrogen-bond donors (Lipinski definition) is 2. The summed E-state index contributed by atoms with van der Waals surface area (Å²) >= 11 is 1.76. The number of benzene rings is 1. The highest BCUT2D eigenvalue weighted by Crippen LogP contribution is 2.24. The number of rotatable bonds is 5. The number of carbonyl (C=O) groups excluding carboxylic acids is 1. The molecular formula is C17H19N3OS. The van der Waals surface area contributed by atoms with Crippen molar-refractivity contribution in [2.75, 3.05) is 11.9 Å². The Bertz CT molecular complexity index is 610. The zero-order valence-electron chi connectivity index (χ0n) is 12.3. The van der Waals surface area contributed by atoms with Crippen molar-refractivity contribution >= 4 is 23.4 Å². The minimum Gasteiger partial charge on any atom is -0.325 e. The average molecular weight is 313 g/mol. The molecule has 1 aliphatic heterocycles. The smallest absolute Gasteiger partial charge is 0.241 e. The van der Waals surface area contributed by atoms with Gasteiger partial charge in [-0.2, -0.15) is 0 Å². The fourth-order valence-electron chi connectivity index (χ4n) is 2.42. The number of aromatic nitrogens is 1. The van der Waals surface area contributed by atoms with Crippen LogP contribution in [0.15, 0.2) is 53.7 Å². The van der Waals surface area contributed by atoms with Crippen LogP contribution in [0, 0.1) is 0 Å². The zero-order chi connectivity index (χ0) is 15.2. The molecule has 22 heavy (non-hydrogen) atoms. The third kappa shape index (κ3) is 4.08. The van der Waals surface area contributed by atoms with Gasteiger partial charge in [-0.25, -0.2) is 0 Å². The number of nitrogens with zero attached hydrogens (tertiary/aromatic N) is 1. The second-order valence-corrected chi connectivity index (χ2v) is 6.36. The standard InChI is InChI=1S/C17H19N3OS/c21-17(16-4-2-10-19-16)20-14-5-7-15(8-6-14)22-12-13-3-1-9-18-11-13/h1,3,5-9,11,16,19H,2,4,10,12H2,(H,20,21). The van der Waals surface area contributed by atoms with Gasteiger partial charge in [0.2, 0.25) is 5.91 Å². The number of nitrogens with one attached hydrogen (secondary N) is 2. The molecule has 114 valence electrons. The Morgan fingerprint density at radius 2 is 2.18 bits per heavy atom. The van der Waals surface area contributed by atoms with Crippen molar-refractivity contribution in [1.29, 1.82) is 0 Å². The third-order valence-electron chi connectivity index (χ3n) is 3.63. The van der Waals surface area contributed by atoms with Gasteiger partial charge >= 0.3 is 0 Å². The highest BCUT2D eigenvalue weighted by atomic mass is 32.2. The van der Waals surface area contributed by atoms with E-state index < -0.39 is 0 Å². The fraction of sp³-hybridized carbons (Fsp3) is 0.294. The molecule has 2 aromatic rings. The van der Waals surface area contributed by atoms with Crippen LogP contribution in [0.5, 0.6) is 0 Å². The predicted octanol–water partition coefficient (Wildman–Crippen LogP) is 3.06. The zero-order valence-corrected chi connectivity index (χ0v) is 13.1. The van der Waals surface area contributed by atoms with E-state index in [4.69, 9.17) is 0 Å². The summed E-state index contributed by atoms with van der Waals surface area (Å²) in [6.07, 6.45) is 5.66. The Morgan fingerprint density at radius 3 is 2.86 bits per heavy atom. The minimum absolute atomic E-state index is 0.0420. The van der Waals surface area contributed by atoms with Gasteiger partial charge in [0.05, 0.1) is 6.04 Å². The predicted molar refractivity (Wildman–Crippen MR) is 89.9 cm³/mol. The topological polar surface area (TPSA) is 54.0 Å². The van der Waals surface area contributed by atoms with Crippen LogP contribution in [0.3, 0.4) is 0 Å². The highest BCUT2D eigenvalue weighted by molar-refractivity contribution is 7.98. The van der Waals surface area contributed by atoms with Gasteiger partial charge in [-0.05, 0) is 55.3 Å². The lowest BCUT2D eigenvalue weighted by atomic mass is 10.2. The molecule has 0 aliphatic carbocycles. The van der Waals surface area contributed by atoms with E-state index in [0.29, 0.717) is 0 Å². The average Bonchev–Trinajstić information content (AvgIpc) is 3.10. The molecule has 2 heterocycles. The lowest BCUT2D eigenvalue weighted by Crippen LogP contribution is -2.35. The first-order chi connectivity index (χ1) is 10.8. The van der Waals surface area contributed by atoms with Gasteiger partial charge in [0, 0.05) is 28.7 Å². The lowest BCUT2D eigenvalue weighted by Gasteiger charge is -2.11. The molecule has 5 heteroatoms. The van der Waals surface area contributed by atoms with Gasteiger partial charge in [-0.3, -0.25) is 9.78 Å². The maximum Gasteiger partial charge on any atom is 0.241 e. The van der Waals surface area contributed by atoms with Crippen molar-refractivity contribution in [3.63, 3.8) is 0 Å². The molecule has 1 saturated heterocycles. The van der Waals surface area contributed by atoms with E-state index in [-0.39, 0.29) is 11.9 Å². The van der Waals surface area contributed by atoms with Gasteiger partial charge in [0.1, 0.15) is 0 Å². The first-order valence-electron chi connectivity index (χ1n) is 7.47. The van der Waals surface area contributed by atoms with E-state index in [1.807, 2.05) is 36.5 Å². The van der Waals surface area contributed by atoms with Crippen molar-refractivity contribution in [2.24, 2.45) is 0 Å². The number of anilines is 1. The van der Waals surface area contributed by atoms with E-state index in [1.54, 1.807) is 18.0 Å². The second-order valence-electron chi connectivity index (χ2n) is 5.31. The summed E-state index contributed by atoms with van der Waals surface area (Å²) in [5.74, 6) is 0.958. The summed E-state index contributed by atoms with van der Waals surface area (Å²) in [4.78, 5) is 17.3. The summed E-state index contributed by atoms with van der Waals surface area (Å²) in [6.45, 7) is 0.933. The molecule has 0 spiro atoms. The minimum atomic E-state index is -0.0420. The molecule has 0 bridgehead atoms. The molecular weight excluding hydrogens is 294 g/mol. The lowest BCUT2D eigenvalue weighted by molar-refractivity contribution is -0.117.